The van der Waals surface area contributed by atoms with Crippen molar-refractivity contribution in [2.24, 2.45) is 0 Å². The molecule has 0 atom stereocenters. The van der Waals surface area contributed by atoms with Crippen LogP contribution in [0, 0.1) is 0 Å². The maximum atomic E-state index is 10.9. The molecule has 8 heteroatoms. The van der Waals surface area contributed by atoms with Gasteiger partial charge in [0.25, 0.3) is 5.88 Å². The van der Waals surface area contributed by atoms with E-state index in [1.807, 2.05) is 0 Å². The summed E-state index contributed by atoms with van der Waals surface area (Å²) in [6.45, 7) is 0. The average molecular weight is 213 g/mol. The van der Waals surface area contributed by atoms with Crippen molar-refractivity contribution in [1.82, 2.24) is 15.3 Å². The lowest BCUT2D eigenvalue weighted by Crippen LogP contribution is -2.23. The van der Waals surface area contributed by atoms with Crippen LogP contribution in [0.25, 0.3) is 0 Å². The molecule has 0 aliphatic carbocycles. The van der Waals surface area contributed by atoms with Gasteiger partial charge in [0.15, 0.2) is 5.69 Å². The van der Waals surface area contributed by atoms with Crippen LogP contribution in [-0.4, -0.2) is 30.2 Å². The van der Waals surface area contributed by atoms with Crippen molar-refractivity contribution in [3.8, 4) is 11.8 Å². The van der Waals surface area contributed by atoms with E-state index in [1.165, 1.54) is 14.2 Å². The van der Waals surface area contributed by atoms with Gasteiger partial charge in [-0.15, -0.1) is 0 Å². The summed E-state index contributed by atoms with van der Waals surface area (Å²) in [4.78, 5) is 18.3. The molecule has 5 N–H and O–H groups in total. The van der Waals surface area contributed by atoms with Crippen molar-refractivity contribution in [3.05, 3.63) is 0 Å². The van der Waals surface area contributed by atoms with Crippen molar-refractivity contribution in [2.75, 3.05) is 25.6 Å². The minimum absolute atomic E-state index is 0.00954. The van der Waals surface area contributed by atoms with E-state index in [1.54, 1.807) is 0 Å². The van der Waals surface area contributed by atoms with Gasteiger partial charge in [-0.1, -0.05) is 0 Å². The molecule has 1 rings (SSSR count). The predicted molar refractivity (Wildman–Crippen MR) is 52.5 cm³/mol. The number of nitrogens with two attached hydrogens (primary N) is 2. The number of rotatable bonds is 2. The number of carbonyl (C=O) groups excluding carboxylic acids is 1. The van der Waals surface area contributed by atoms with Gasteiger partial charge in [0.05, 0.1) is 7.11 Å². The van der Waals surface area contributed by atoms with Crippen LogP contribution >= 0.6 is 0 Å². The highest BCUT2D eigenvalue weighted by Gasteiger charge is 2.14. The molecule has 1 aromatic heterocycles. The van der Waals surface area contributed by atoms with E-state index >= 15 is 0 Å². The third kappa shape index (κ3) is 2.36. The molecule has 1 aromatic rings. The van der Waals surface area contributed by atoms with E-state index in [4.69, 9.17) is 20.9 Å². The Morgan fingerprint density at radius 3 is 2.47 bits per heavy atom. The van der Waals surface area contributed by atoms with Crippen LogP contribution in [-0.2, 0) is 0 Å². The minimum atomic E-state index is -0.707. The monoisotopic (exact) mass is 213 g/mol. The van der Waals surface area contributed by atoms with Gasteiger partial charge in [0, 0.05) is 7.05 Å². The number of hydrogen-bond donors (Lipinski definition) is 3. The number of carbonyl (C=O) groups is 1. The molecule has 0 unspecified atom stereocenters. The van der Waals surface area contributed by atoms with Crippen LogP contribution < -0.4 is 26.3 Å². The van der Waals surface area contributed by atoms with E-state index in [0.29, 0.717) is 0 Å². The smallest absolute Gasteiger partial charge is 0.413 e. The highest BCUT2D eigenvalue weighted by atomic mass is 16.6. The van der Waals surface area contributed by atoms with Gasteiger partial charge in [-0.2, -0.15) is 9.97 Å². The molecule has 1 amide bonds. The van der Waals surface area contributed by atoms with E-state index in [9.17, 15) is 4.79 Å². The minimum Gasteiger partial charge on any atom is -0.479 e. The first kappa shape index (κ1) is 10.8. The Bertz CT molecular complexity index is 381. The number of ether oxygens (including phenoxy) is 2. The van der Waals surface area contributed by atoms with Gasteiger partial charge in [-0.05, 0) is 0 Å². The standard InChI is InChI=1S/C7H11N5O3/c1-10-7(13)15-5-3(8)4(14-2)11-6(9)12-5/h8H2,1-2H3,(H,10,13)(H2,9,11,12). The van der Waals surface area contributed by atoms with Gasteiger partial charge in [-0.25, -0.2) is 4.79 Å². The number of aromatic nitrogens is 2. The van der Waals surface area contributed by atoms with Crippen LogP contribution in [0.15, 0.2) is 0 Å². The zero-order valence-electron chi connectivity index (χ0n) is 8.27. The SMILES string of the molecule is CNC(=O)Oc1nc(N)nc(OC)c1N. The lowest BCUT2D eigenvalue weighted by molar-refractivity contribution is 0.201. The second-order valence-electron chi connectivity index (χ2n) is 2.45. The Kier molecular flexibility index (Phi) is 3.11. The molecular formula is C7H11N5O3. The number of nitrogens with zero attached hydrogens (tertiary/aromatic N) is 2. The fourth-order valence-electron chi connectivity index (χ4n) is 0.817. The average Bonchev–Trinajstić information content (AvgIpc) is 2.22. The van der Waals surface area contributed by atoms with Crippen LogP contribution in [0.1, 0.15) is 0 Å². The maximum absolute atomic E-state index is 10.9. The molecule has 0 spiro atoms. The Morgan fingerprint density at radius 2 is 1.93 bits per heavy atom. The van der Waals surface area contributed by atoms with E-state index < -0.39 is 6.09 Å². The molecule has 0 radical (unpaired) electrons. The van der Waals surface area contributed by atoms with Gasteiger partial charge in [0.2, 0.25) is 11.8 Å². The number of amides is 1. The molecule has 0 aliphatic heterocycles. The summed E-state index contributed by atoms with van der Waals surface area (Å²) in [6, 6.07) is 0. The van der Waals surface area contributed by atoms with Crippen LogP contribution in [0.4, 0.5) is 16.4 Å². The summed E-state index contributed by atoms with van der Waals surface area (Å²) in [5, 5.41) is 2.24. The number of methoxy groups -OCH3 is 1. The molecule has 0 aromatic carbocycles. The summed E-state index contributed by atoms with van der Waals surface area (Å²) in [5.41, 5.74) is 10.9. The molecule has 0 saturated carbocycles. The van der Waals surface area contributed by atoms with E-state index in [-0.39, 0.29) is 23.4 Å². The van der Waals surface area contributed by atoms with Crippen molar-refractivity contribution in [1.29, 1.82) is 0 Å². The highest BCUT2D eigenvalue weighted by molar-refractivity contribution is 5.72. The fraction of sp³-hybridized carbons (Fsp3) is 0.286. The lowest BCUT2D eigenvalue weighted by atomic mass is 10.5. The normalized spacial score (nSPS) is 9.47. The number of nitrogen functional groups attached to an aromatic ring is 2. The summed E-state index contributed by atoms with van der Waals surface area (Å²) in [5.74, 6) is -0.181. The van der Waals surface area contributed by atoms with Crippen LogP contribution in [0.2, 0.25) is 0 Å². The molecule has 0 saturated heterocycles. The van der Waals surface area contributed by atoms with Crippen LogP contribution in [0.5, 0.6) is 11.8 Å². The van der Waals surface area contributed by atoms with Gasteiger partial charge in [-0.3, -0.25) is 0 Å². The predicted octanol–water partition coefficient (Wildman–Crippen LogP) is -0.632. The summed E-state index contributed by atoms with van der Waals surface area (Å²) in [6.07, 6.45) is -0.707. The van der Waals surface area contributed by atoms with E-state index in [0.717, 1.165) is 0 Å². The van der Waals surface area contributed by atoms with Crippen molar-refractivity contribution < 1.29 is 14.3 Å². The molecule has 0 aliphatic rings. The molecule has 0 bridgehead atoms. The number of anilines is 2. The molecule has 0 fully saturated rings. The van der Waals surface area contributed by atoms with Crippen molar-refractivity contribution >= 4 is 17.7 Å². The van der Waals surface area contributed by atoms with Gasteiger partial charge >= 0.3 is 6.09 Å². The Balaban J connectivity index is 3.06. The highest BCUT2D eigenvalue weighted by Crippen LogP contribution is 2.28. The quantitative estimate of drug-likeness (QED) is 0.596. The Labute approximate surface area is 85.6 Å². The second-order valence-corrected chi connectivity index (χ2v) is 2.45. The first-order valence-electron chi connectivity index (χ1n) is 3.95. The Hall–Kier alpha value is -2.25. The van der Waals surface area contributed by atoms with Crippen molar-refractivity contribution in [2.45, 2.75) is 0 Å². The summed E-state index contributed by atoms with van der Waals surface area (Å²) < 4.78 is 9.55. The topological polar surface area (TPSA) is 125 Å². The summed E-state index contributed by atoms with van der Waals surface area (Å²) >= 11 is 0. The third-order valence-corrected chi connectivity index (χ3v) is 1.48. The zero-order chi connectivity index (χ0) is 11.4. The lowest BCUT2D eigenvalue weighted by Gasteiger charge is -2.08. The second kappa shape index (κ2) is 4.31. The zero-order valence-corrected chi connectivity index (χ0v) is 8.27. The fourth-order valence-corrected chi connectivity index (χ4v) is 0.817. The molecule has 15 heavy (non-hydrogen) atoms. The van der Waals surface area contributed by atoms with Crippen molar-refractivity contribution in [3.63, 3.8) is 0 Å². The van der Waals surface area contributed by atoms with Crippen LogP contribution in [0.3, 0.4) is 0 Å². The largest absolute Gasteiger partial charge is 0.479 e. The molecule has 8 nitrogen and oxygen atoms in total. The number of nitrogens with one attached hydrogen (secondary N) is 1. The van der Waals surface area contributed by atoms with Gasteiger partial charge in [0.1, 0.15) is 0 Å². The molecule has 82 valence electrons. The number of hydrogen-bond acceptors (Lipinski definition) is 7. The van der Waals surface area contributed by atoms with Gasteiger partial charge < -0.3 is 26.3 Å². The third-order valence-electron chi connectivity index (χ3n) is 1.48. The maximum Gasteiger partial charge on any atom is 0.413 e. The Morgan fingerprint density at radius 1 is 1.33 bits per heavy atom. The molecule has 1 heterocycles. The summed E-state index contributed by atoms with van der Waals surface area (Å²) in [7, 11) is 2.77. The first-order valence-corrected chi connectivity index (χ1v) is 3.95. The van der Waals surface area contributed by atoms with E-state index in [2.05, 4.69) is 15.3 Å². The first-order chi connectivity index (χ1) is 7.08. The molecular weight excluding hydrogens is 202 g/mol.